The first kappa shape index (κ1) is 24.8. The van der Waals surface area contributed by atoms with Gasteiger partial charge in [0.1, 0.15) is 23.4 Å². The van der Waals surface area contributed by atoms with E-state index in [4.69, 9.17) is 14.2 Å². The number of anilines is 2. The maximum Gasteiger partial charge on any atom is 0.259 e. The van der Waals surface area contributed by atoms with Gasteiger partial charge in [0, 0.05) is 32.0 Å². The van der Waals surface area contributed by atoms with Gasteiger partial charge in [-0.1, -0.05) is 0 Å². The van der Waals surface area contributed by atoms with Gasteiger partial charge in [0.25, 0.3) is 5.91 Å². The Morgan fingerprint density at radius 1 is 1.00 bits per heavy atom. The first-order valence-corrected chi connectivity index (χ1v) is 11.4. The molecule has 1 saturated heterocycles. The van der Waals surface area contributed by atoms with Gasteiger partial charge < -0.3 is 24.4 Å². The predicted octanol–water partition coefficient (Wildman–Crippen LogP) is 5.15. The molecular formula is C27H25F2N3O4. The Bertz CT molecular complexity index is 1300. The van der Waals surface area contributed by atoms with Crippen LogP contribution in [-0.4, -0.2) is 39.3 Å². The Balaban J connectivity index is 1.51. The number of carbonyl (C=O) groups is 1. The highest BCUT2D eigenvalue weighted by Crippen LogP contribution is 2.32. The number of halogens is 2. The van der Waals surface area contributed by atoms with E-state index in [1.807, 2.05) is 0 Å². The summed E-state index contributed by atoms with van der Waals surface area (Å²) in [6.07, 6.45) is 0.945. The Morgan fingerprint density at radius 2 is 1.75 bits per heavy atom. The Morgan fingerprint density at radius 3 is 2.42 bits per heavy atom. The van der Waals surface area contributed by atoms with E-state index in [2.05, 4.69) is 16.3 Å². The molecule has 0 saturated carbocycles. The van der Waals surface area contributed by atoms with Crippen LogP contribution in [0.3, 0.4) is 0 Å². The summed E-state index contributed by atoms with van der Waals surface area (Å²) in [5, 5.41) is 12.3. The number of carbonyl (C=O) groups excluding carboxylic acids is 1. The SMILES string of the molecule is COc1ccc(OC)c(C(=O)Nc2cc(C#N)ccc2N2CCC(Oc3ccc(F)cc3F)CC2)c1. The molecule has 0 bridgehead atoms. The fourth-order valence-corrected chi connectivity index (χ4v) is 4.13. The zero-order valence-corrected chi connectivity index (χ0v) is 19.9. The highest BCUT2D eigenvalue weighted by molar-refractivity contribution is 6.08. The molecule has 0 aromatic heterocycles. The summed E-state index contributed by atoms with van der Waals surface area (Å²) in [7, 11) is 2.99. The largest absolute Gasteiger partial charge is 0.497 e. The van der Waals surface area contributed by atoms with Crippen LogP contribution in [-0.2, 0) is 0 Å². The second kappa shape index (κ2) is 11.0. The van der Waals surface area contributed by atoms with Crippen LogP contribution < -0.4 is 24.4 Å². The zero-order chi connectivity index (χ0) is 25.7. The van der Waals surface area contributed by atoms with Crippen LogP contribution in [0.25, 0.3) is 0 Å². The highest BCUT2D eigenvalue weighted by atomic mass is 19.1. The lowest BCUT2D eigenvalue weighted by Crippen LogP contribution is -2.38. The lowest BCUT2D eigenvalue weighted by atomic mass is 10.0. The number of rotatable bonds is 7. The molecule has 186 valence electrons. The minimum Gasteiger partial charge on any atom is -0.497 e. The van der Waals surface area contributed by atoms with Crippen molar-refractivity contribution in [1.82, 2.24) is 0 Å². The molecule has 1 aliphatic rings. The molecule has 0 unspecified atom stereocenters. The molecule has 3 aromatic rings. The molecule has 1 heterocycles. The number of nitriles is 1. The summed E-state index contributed by atoms with van der Waals surface area (Å²) >= 11 is 0. The van der Waals surface area contributed by atoms with Gasteiger partial charge in [0.05, 0.1) is 42.8 Å². The summed E-state index contributed by atoms with van der Waals surface area (Å²) in [6, 6.07) is 15.4. The van der Waals surface area contributed by atoms with E-state index in [0.717, 1.165) is 17.8 Å². The topological polar surface area (TPSA) is 83.8 Å². The third-order valence-electron chi connectivity index (χ3n) is 6.00. The van der Waals surface area contributed by atoms with E-state index in [9.17, 15) is 18.8 Å². The predicted molar refractivity (Wildman–Crippen MR) is 131 cm³/mol. The molecule has 0 spiro atoms. The van der Waals surface area contributed by atoms with E-state index in [0.29, 0.717) is 54.2 Å². The van der Waals surface area contributed by atoms with Crippen molar-refractivity contribution in [3.05, 3.63) is 77.4 Å². The number of nitrogens with one attached hydrogen (secondary N) is 1. The molecule has 3 aromatic carbocycles. The van der Waals surface area contributed by atoms with Crippen molar-refractivity contribution < 1.29 is 27.8 Å². The number of ether oxygens (including phenoxy) is 3. The maximum atomic E-state index is 14.0. The minimum atomic E-state index is -0.734. The van der Waals surface area contributed by atoms with Gasteiger partial charge in [0.2, 0.25) is 0 Å². The van der Waals surface area contributed by atoms with Crippen molar-refractivity contribution in [2.24, 2.45) is 0 Å². The highest BCUT2D eigenvalue weighted by Gasteiger charge is 2.25. The fraction of sp³-hybridized carbons (Fsp3) is 0.259. The minimum absolute atomic E-state index is 0.0217. The molecule has 1 amide bonds. The summed E-state index contributed by atoms with van der Waals surface area (Å²) in [6.45, 7) is 1.15. The first-order valence-electron chi connectivity index (χ1n) is 11.4. The van der Waals surface area contributed by atoms with E-state index in [1.165, 1.54) is 20.3 Å². The van der Waals surface area contributed by atoms with Crippen molar-refractivity contribution >= 4 is 17.3 Å². The number of hydrogen-bond acceptors (Lipinski definition) is 6. The zero-order valence-electron chi connectivity index (χ0n) is 19.9. The normalized spacial score (nSPS) is 13.6. The van der Waals surface area contributed by atoms with Crippen molar-refractivity contribution in [2.75, 3.05) is 37.5 Å². The van der Waals surface area contributed by atoms with E-state index < -0.39 is 17.5 Å². The number of hydrogen-bond donors (Lipinski definition) is 1. The smallest absolute Gasteiger partial charge is 0.259 e. The van der Waals surface area contributed by atoms with Gasteiger partial charge in [-0.05, 0) is 48.5 Å². The van der Waals surface area contributed by atoms with Crippen LogP contribution in [0.2, 0.25) is 0 Å². The average molecular weight is 494 g/mol. The molecule has 9 heteroatoms. The number of nitrogens with zero attached hydrogens (tertiary/aromatic N) is 2. The standard InChI is InChI=1S/C27H25F2N3O4/c1-34-20-5-8-25(35-2)21(15-20)27(33)31-23-13-17(16-30)3-6-24(23)32-11-9-19(10-12-32)36-26-7-4-18(28)14-22(26)29/h3-8,13-15,19H,9-12H2,1-2H3,(H,31,33). The molecule has 0 atom stereocenters. The fourth-order valence-electron chi connectivity index (χ4n) is 4.13. The second-order valence-corrected chi connectivity index (χ2v) is 8.24. The van der Waals surface area contributed by atoms with Gasteiger partial charge >= 0.3 is 0 Å². The lowest BCUT2D eigenvalue weighted by Gasteiger charge is -2.35. The maximum absolute atomic E-state index is 14.0. The number of methoxy groups -OCH3 is 2. The molecule has 0 aliphatic carbocycles. The summed E-state index contributed by atoms with van der Waals surface area (Å²) in [4.78, 5) is 15.2. The van der Waals surface area contributed by atoms with Crippen LogP contribution in [0.15, 0.2) is 54.6 Å². The monoisotopic (exact) mass is 493 g/mol. The number of piperidine rings is 1. The first-order chi connectivity index (χ1) is 17.4. The number of benzene rings is 3. The third-order valence-corrected chi connectivity index (χ3v) is 6.00. The van der Waals surface area contributed by atoms with Gasteiger partial charge in [-0.25, -0.2) is 8.78 Å². The molecule has 4 rings (SSSR count). The van der Waals surface area contributed by atoms with Gasteiger partial charge in [-0.2, -0.15) is 5.26 Å². The van der Waals surface area contributed by atoms with Crippen LogP contribution in [0.1, 0.15) is 28.8 Å². The summed E-state index contributed by atoms with van der Waals surface area (Å²) in [5.74, 6) is -0.886. The van der Waals surface area contributed by atoms with Crippen molar-refractivity contribution in [3.63, 3.8) is 0 Å². The van der Waals surface area contributed by atoms with Crippen LogP contribution in [0.4, 0.5) is 20.2 Å². The Labute approximate surface area is 207 Å². The molecular weight excluding hydrogens is 468 g/mol. The van der Waals surface area contributed by atoms with Crippen LogP contribution >= 0.6 is 0 Å². The van der Waals surface area contributed by atoms with E-state index in [1.54, 1.807) is 36.4 Å². The van der Waals surface area contributed by atoms with Crippen LogP contribution in [0.5, 0.6) is 17.2 Å². The number of amides is 1. The third kappa shape index (κ3) is 5.49. The molecule has 0 radical (unpaired) electrons. The van der Waals surface area contributed by atoms with Crippen molar-refractivity contribution in [3.8, 4) is 23.3 Å². The summed E-state index contributed by atoms with van der Waals surface area (Å²) in [5.41, 5.74) is 1.92. The van der Waals surface area contributed by atoms with Crippen molar-refractivity contribution in [1.29, 1.82) is 5.26 Å². The van der Waals surface area contributed by atoms with Crippen molar-refractivity contribution in [2.45, 2.75) is 18.9 Å². The molecule has 36 heavy (non-hydrogen) atoms. The Kier molecular flexibility index (Phi) is 7.54. The Hall–Kier alpha value is -4.32. The lowest BCUT2D eigenvalue weighted by molar-refractivity contribution is 0.102. The van der Waals surface area contributed by atoms with Crippen LogP contribution in [0, 0.1) is 23.0 Å². The summed E-state index contributed by atoms with van der Waals surface area (Å²) < 4.78 is 43.5. The van der Waals surface area contributed by atoms with E-state index in [-0.39, 0.29) is 11.9 Å². The van der Waals surface area contributed by atoms with Gasteiger partial charge in [-0.3, -0.25) is 4.79 Å². The van der Waals surface area contributed by atoms with Gasteiger partial charge in [0.15, 0.2) is 11.6 Å². The molecule has 1 fully saturated rings. The molecule has 1 N–H and O–H groups in total. The molecule has 1 aliphatic heterocycles. The molecule has 7 nitrogen and oxygen atoms in total. The second-order valence-electron chi connectivity index (χ2n) is 8.24. The quantitative estimate of drug-likeness (QED) is 0.490. The van der Waals surface area contributed by atoms with E-state index >= 15 is 0 Å². The average Bonchev–Trinajstić information content (AvgIpc) is 2.90. The van der Waals surface area contributed by atoms with Gasteiger partial charge in [-0.15, -0.1) is 0 Å².